The fourth-order valence-corrected chi connectivity index (χ4v) is 5.35. The summed E-state index contributed by atoms with van der Waals surface area (Å²) in [5, 5.41) is 10.7. The summed E-state index contributed by atoms with van der Waals surface area (Å²) < 4.78 is 0. The van der Waals surface area contributed by atoms with Crippen molar-refractivity contribution in [1.82, 2.24) is 4.98 Å². The van der Waals surface area contributed by atoms with Gasteiger partial charge in [-0.2, -0.15) is 0 Å². The number of fused-ring (bicyclic) bond motifs is 3. The predicted molar refractivity (Wildman–Crippen MR) is 107 cm³/mol. The Bertz CT molecular complexity index is 986. The third kappa shape index (κ3) is 2.92. The van der Waals surface area contributed by atoms with E-state index in [1.54, 1.807) is 11.3 Å². The molecule has 134 valence electrons. The van der Waals surface area contributed by atoms with Crippen molar-refractivity contribution in [3.63, 3.8) is 0 Å². The van der Waals surface area contributed by atoms with Gasteiger partial charge in [0.15, 0.2) is 0 Å². The van der Waals surface area contributed by atoms with E-state index >= 15 is 0 Å². The molecule has 1 N–H and O–H groups in total. The molecule has 1 aliphatic carbocycles. The molecule has 1 aliphatic rings. The van der Waals surface area contributed by atoms with Gasteiger partial charge in [0.1, 0.15) is 4.83 Å². The zero-order valence-corrected chi connectivity index (χ0v) is 16.1. The Balaban J connectivity index is 2.04. The Hall–Kier alpha value is -2.20. The van der Waals surface area contributed by atoms with Gasteiger partial charge in [0.05, 0.1) is 6.42 Å². The van der Waals surface area contributed by atoms with Crippen LogP contribution in [0.2, 0.25) is 0 Å². The van der Waals surface area contributed by atoms with Gasteiger partial charge >= 0.3 is 5.97 Å². The van der Waals surface area contributed by atoms with Gasteiger partial charge < -0.3 is 5.11 Å². The lowest BCUT2D eigenvalue weighted by molar-refractivity contribution is -0.136. The van der Waals surface area contributed by atoms with Gasteiger partial charge in [-0.25, -0.2) is 4.98 Å². The molecule has 3 aromatic rings. The third-order valence-electron chi connectivity index (χ3n) is 5.39. The average Bonchev–Trinajstić information content (AvgIpc) is 3.00. The van der Waals surface area contributed by atoms with Gasteiger partial charge in [-0.05, 0) is 66.8 Å². The van der Waals surface area contributed by atoms with Gasteiger partial charge in [0.2, 0.25) is 0 Å². The number of rotatable bonds is 4. The van der Waals surface area contributed by atoms with Gasteiger partial charge in [0.25, 0.3) is 0 Å². The van der Waals surface area contributed by atoms with Gasteiger partial charge in [0, 0.05) is 16.0 Å². The standard InChI is InChI=1S/C22H23NO2S/c1-3-14-8-10-15(11-9-14)20-17(12-19(24)25)13(2)23-22-21(20)16-6-4-5-7-18(16)26-22/h8-11H,3-7,12H2,1-2H3,(H,24,25). The summed E-state index contributed by atoms with van der Waals surface area (Å²) in [6.07, 6.45) is 5.66. The zero-order chi connectivity index (χ0) is 18.3. The normalized spacial score (nSPS) is 13.8. The van der Waals surface area contributed by atoms with E-state index in [4.69, 9.17) is 4.98 Å². The van der Waals surface area contributed by atoms with Crippen LogP contribution in [0.15, 0.2) is 24.3 Å². The molecular weight excluding hydrogens is 342 g/mol. The molecule has 0 aliphatic heterocycles. The van der Waals surface area contributed by atoms with Crippen LogP contribution in [0.4, 0.5) is 0 Å². The molecule has 0 atom stereocenters. The highest BCUT2D eigenvalue weighted by atomic mass is 32.1. The van der Waals surface area contributed by atoms with E-state index in [2.05, 4.69) is 31.2 Å². The highest BCUT2D eigenvalue weighted by Gasteiger charge is 2.24. The van der Waals surface area contributed by atoms with E-state index in [1.165, 1.54) is 34.2 Å². The first-order valence-corrected chi connectivity index (χ1v) is 10.1. The minimum Gasteiger partial charge on any atom is -0.481 e. The number of carboxylic acid groups (broad SMARTS) is 1. The summed E-state index contributed by atoms with van der Waals surface area (Å²) in [6, 6.07) is 8.59. The molecular formula is C22H23NO2S. The van der Waals surface area contributed by atoms with Crippen molar-refractivity contribution in [3.8, 4) is 11.1 Å². The molecule has 0 spiro atoms. The minimum absolute atomic E-state index is 0.0181. The molecule has 0 saturated carbocycles. The Labute approximate surface area is 157 Å². The molecule has 4 rings (SSSR count). The van der Waals surface area contributed by atoms with Crippen molar-refractivity contribution in [1.29, 1.82) is 0 Å². The monoisotopic (exact) mass is 365 g/mol. The highest BCUT2D eigenvalue weighted by Crippen LogP contribution is 2.43. The lowest BCUT2D eigenvalue weighted by Crippen LogP contribution is -2.07. The first-order valence-electron chi connectivity index (χ1n) is 9.33. The number of pyridine rings is 1. The molecule has 4 heteroatoms. The number of nitrogens with zero attached hydrogens (tertiary/aromatic N) is 1. The van der Waals surface area contributed by atoms with Gasteiger partial charge in [-0.15, -0.1) is 11.3 Å². The van der Waals surface area contributed by atoms with Crippen molar-refractivity contribution in [3.05, 3.63) is 51.5 Å². The molecule has 3 nitrogen and oxygen atoms in total. The summed E-state index contributed by atoms with van der Waals surface area (Å²) in [6.45, 7) is 4.09. The second-order valence-electron chi connectivity index (χ2n) is 7.06. The molecule has 0 saturated heterocycles. The van der Waals surface area contributed by atoms with Crippen LogP contribution < -0.4 is 0 Å². The fourth-order valence-electron chi connectivity index (χ4n) is 4.03. The molecule has 26 heavy (non-hydrogen) atoms. The molecule has 2 aromatic heterocycles. The minimum atomic E-state index is -0.801. The summed E-state index contributed by atoms with van der Waals surface area (Å²) in [7, 11) is 0. The highest BCUT2D eigenvalue weighted by molar-refractivity contribution is 7.19. The zero-order valence-electron chi connectivity index (χ0n) is 15.3. The fraction of sp³-hybridized carbons (Fsp3) is 0.364. The van der Waals surface area contributed by atoms with E-state index in [9.17, 15) is 9.90 Å². The molecule has 1 aromatic carbocycles. The van der Waals surface area contributed by atoms with Crippen molar-refractivity contribution in [2.45, 2.75) is 52.4 Å². The molecule has 0 unspecified atom stereocenters. The van der Waals surface area contributed by atoms with Crippen LogP contribution in [0.3, 0.4) is 0 Å². The molecule has 0 radical (unpaired) electrons. The number of aromatic nitrogens is 1. The van der Waals surface area contributed by atoms with Crippen LogP contribution >= 0.6 is 11.3 Å². The second-order valence-corrected chi connectivity index (χ2v) is 8.15. The molecule has 0 fully saturated rings. The number of aliphatic carboxylic acids is 1. The van der Waals surface area contributed by atoms with E-state index in [1.807, 2.05) is 6.92 Å². The number of hydrogen-bond acceptors (Lipinski definition) is 3. The Morgan fingerprint density at radius 3 is 2.62 bits per heavy atom. The van der Waals surface area contributed by atoms with Crippen molar-refractivity contribution >= 4 is 27.5 Å². The smallest absolute Gasteiger partial charge is 0.307 e. The van der Waals surface area contributed by atoms with Gasteiger partial charge in [-0.3, -0.25) is 4.79 Å². The van der Waals surface area contributed by atoms with E-state index in [0.29, 0.717) is 0 Å². The number of benzene rings is 1. The summed E-state index contributed by atoms with van der Waals surface area (Å²) in [4.78, 5) is 18.9. The topological polar surface area (TPSA) is 50.2 Å². The van der Waals surface area contributed by atoms with Crippen LogP contribution in [0.1, 0.15) is 47.0 Å². The first kappa shape index (κ1) is 17.2. The average molecular weight is 365 g/mol. The third-order valence-corrected chi connectivity index (χ3v) is 6.58. The number of hydrogen-bond donors (Lipinski definition) is 1. The van der Waals surface area contributed by atoms with Crippen LogP contribution in [0.5, 0.6) is 0 Å². The maximum atomic E-state index is 11.5. The summed E-state index contributed by atoms with van der Waals surface area (Å²) in [5.74, 6) is -0.801. The molecule has 0 bridgehead atoms. The van der Waals surface area contributed by atoms with Crippen LogP contribution in [-0.2, 0) is 30.5 Å². The molecule has 0 amide bonds. The largest absolute Gasteiger partial charge is 0.481 e. The van der Waals surface area contributed by atoms with Crippen molar-refractivity contribution in [2.24, 2.45) is 0 Å². The second kappa shape index (κ2) is 6.84. The number of carboxylic acids is 1. The Morgan fingerprint density at radius 2 is 1.92 bits per heavy atom. The Kier molecular flexibility index (Phi) is 4.53. The Morgan fingerprint density at radius 1 is 1.19 bits per heavy atom. The van der Waals surface area contributed by atoms with Gasteiger partial charge in [-0.1, -0.05) is 31.2 Å². The SMILES string of the molecule is CCc1ccc(-c2c(CC(=O)O)c(C)nc3sc4c(c23)CCCC4)cc1. The van der Waals surface area contributed by atoms with Crippen LogP contribution in [0.25, 0.3) is 21.3 Å². The van der Waals surface area contributed by atoms with Crippen LogP contribution in [-0.4, -0.2) is 16.1 Å². The maximum absolute atomic E-state index is 11.5. The van der Waals surface area contributed by atoms with E-state index in [-0.39, 0.29) is 6.42 Å². The first-order chi connectivity index (χ1) is 12.6. The van der Waals surface area contributed by atoms with Crippen molar-refractivity contribution in [2.75, 3.05) is 0 Å². The van der Waals surface area contributed by atoms with E-state index < -0.39 is 5.97 Å². The van der Waals surface area contributed by atoms with Crippen LogP contribution in [0, 0.1) is 6.92 Å². The lowest BCUT2D eigenvalue weighted by atomic mass is 9.88. The number of carbonyl (C=O) groups is 1. The maximum Gasteiger partial charge on any atom is 0.307 e. The quantitative estimate of drug-likeness (QED) is 0.679. The number of aryl methyl sites for hydroxylation is 4. The predicted octanol–water partition coefficient (Wildman–Crippen LogP) is 5.34. The lowest BCUT2D eigenvalue weighted by Gasteiger charge is -2.16. The number of thiophene rings is 1. The summed E-state index contributed by atoms with van der Waals surface area (Å²) >= 11 is 1.80. The summed E-state index contributed by atoms with van der Waals surface area (Å²) in [5.41, 5.74) is 6.61. The van der Waals surface area contributed by atoms with E-state index in [0.717, 1.165) is 46.5 Å². The van der Waals surface area contributed by atoms with Crippen molar-refractivity contribution < 1.29 is 9.90 Å². The molecule has 2 heterocycles.